The summed E-state index contributed by atoms with van der Waals surface area (Å²) in [5, 5.41) is 11.1. The van der Waals surface area contributed by atoms with E-state index in [1.165, 1.54) is 29.2 Å². The molecular formula is C29H26FNO5. The summed E-state index contributed by atoms with van der Waals surface area (Å²) >= 11 is 0. The van der Waals surface area contributed by atoms with Gasteiger partial charge >= 0.3 is 0 Å². The van der Waals surface area contributed by atoms with Crippen molar-refractivity contribution in [3.63, 3.8) is 0 Å². The molecule has 0 unspecified atom stereocenters. The Morgan fingerprint density at radius 1 is 1.00 bits per heavy atom. The average molecular weight is 488 g/mol. The van der Waals surface area contributed by atoms with Gasteiger partial charge in [0.15, 0.2) is 0 Å². The highest BCUT2D eigenvalue weighted by Gasteiger charge is 2.47. The van der Waals surface area contributed by atoms with Crippen LogP contribution in [0.2, 0.25) is 0 Å². The van der Waals surface area contributed by atoms with Crippen LogP contribution in [0.25, 0.3) is 5.76 Å². The number of hydrogen-bond donors (Lipinski definition) is 1. The summed E-state index contributed by atoms with van der Waals surface area (Å²) in [5.41, 5.74) is 1.93. The van der Waals surface area contributed by atoms with E-state index in [0.29, 0.717) is 24.5 Å². The van der Waals surface area contributed by atoms with Crippen molar-refractivity contribution in [3.05, 3.63) is 107 Å². The second-order valence-electron chi connectivity index (χ2n) is 8.94. The highest BCUT2D eigenvalue weighted by Crippen LogP contribution is 2.40. The van der Waals surface area contributed by atoms with E-state index >= 15 is 0 Å². The van der Waals surface area contributed by atoms with Crippen molar-refractivity contribution in [1.82, 2.24) is 4.90 Å². The van der Waals surface area contributed by atoms with E-state index in [0.717, 1.165) is 18.4 Å². The average Bonchev–Trinajstić information content (AvgIpc) is 3.51. The van der Waals surface area contributed by atoms with Crippen molar-refractivity contribution >= 4 is 17.4 Å². The van der Waals surface area contributed by atoms with Gasteiger partial charge in [0.05, 0.1) is 17.7 Å². The van der Waals surface area contributed by atoms with Crippen LogP contribution < -0.4 is 4.74 Å². The van der Waals surface area contributed by atoms with Crippen LogP contribution in [0.3, 0.4) is 0 Å². The molecule has 7 heteroatoms. The number of benzene rings is 3. The van der Waals surface area contributed by atoms with Crippen molar-refractivity contribution in [1.29, 1.82) is 0 Å². The molecule has 2 heterocycles. The number of rotatable bonds is 7. The third-order valence-electron chi connectivity index (χ3n) is 6.53. The first-order valence-corrected chi connectivity index (χ1v) is 11.9. The van der Waals surface area contributed by atoms with E-state index in [1.807, 2.05) is 30.3 Å². The molecule has 2 saturated heterocycles. The summed E-state index contributed by atoms with van der Waals surface area (Å²) in [5.74, 6) is -1.63. The van der Waals surface area contributed by atoms with Crippen LogP contribution in [-0.2, 0) is 20.9 Å². The Bertz CT molecular complexity index is 1270. The quantitative estimate of drug-likeness (QED) is 0.288. The minimum Gasteiger partial charge on any atom is -0.507 e. The Morgan fingerprint density at radius 3 is 2.39 bits per heavy atom. The molecule has 0 bridgehead atoms. The molecule has 0 spiro atoms. The van der Waals surface area contributed by atoms with Crippen molar-refractivity contribution < 1.29 is 28.6 Å². The molecule has 184 valence electrons. The zero-order chi connectivity index (χ0) is 25.1. The number of halogens is 1. The molecule has 2 aliphatic heterocycles. The highest BCUT2D eigenvalue weighted by molar-refractivity contribution is 6.46. The summed E-state index contributed by atoms with van der Waals surface area (Å²) < 4.78 is 25.1. The smallest absolute Gasteiger partial charge is 0.295 e. The molecule has 2 aliphatic rings. The van der Waals surface area contributed by atoms with Crippen LogP contribution in [0.5, 0.6) is 5.75 Å². The zero-order valence-electron chi connectivity index (χ0n) is 19.6. The van der Waals surface area contributed by atoms with E-state index in [4.69, 9.17) is 9.47 Å². The van der Waals surface area contributed by atoms with Crippen LogP contribution in [0, 0.1) is 5.82 Å². The first-order valence-electron chi connectivity index (χ1n) is 11.9. The van der Waals surface area contributed by atoms with Crippen LogP contribution in [0.1, 0.15) is 35.6 Å². The molecule has 36 heavy (non-hydrogen) atoms. The van der Waals surface area contributed by atoms with E-state index < -0.39 is 23.5 Å². The molecule has 0 aromatic heterocycles. The van der Waals surface area contributed by atoms with Crippen molar-refractivity contribution in [2.75, 3.05) is 13.2 Å². The van der Waals surface area contributed by atoms with E-state index in [9.17, 15) is 19.1 Å². The van der Waals surface area contributed by atoms with Gasteiger partial charge in [-0.25, -0.2) is 4.39 Å². The molecule has 3 aromatic rings. The fraction of sp³-hybridized carbons (Fsp3) is 0.241. The van der Waals surface area contributed by atoms with E-state index in [2.05, 4.69) is 0 Å². The normalized spacial score (nSPS) is 21.2. The van der Waals surface area contributed by atoms with Gasteiger partial charge in [-0.3, -0.25) is 9.59 Å². The van der Waals surface area contributed by atoms with Gasteiger partial charge in [0.25, 0.3) is 11.7 Å². The molecule has 0 aliphatic carbocycles. The molecule has 2 atom stereocenters. The van der Waals surface area contributed by atoms with Gasteiger partial charge in [0.2, 0.25) is 0 Å². The number of amides is 1. The predicted molar refractivity (Wildman–Crippen MR) is 132 cm³/mol. The second-order valence-corrected chi connectivity index (χ2v) is 8.94. The van der Waals surface area contributed by atoms with Crippen molar-refractivity contribution in [2.45, 2.75) is 31.6 Å². The minimum absolute atomic E-state index is 0.0254. The summed E-state index contributed by atoms with van der Waals surface area (Å²) in [4.78, 5) is 27.7. The third kappa shape index (κ3) is 4.88. The number of Topliss-reactive ketones (excluding diaryl/α,β-unsaturated/α-hetero) is 1. The summed E-state index contributed by atoms with van der Waals surface area (Å²) in [6, 6.07) is 21.3. The second kappa shape index (κ2) is 10.3. The van der Waals surface area contributed by atoms with Gasteiger partial charge in [0.1, 0.15) is 23.9 Å². The molecule has 0 saturated carbocycles. The molecule has 3 aromatic carbocycles. The Hall–Kier alpha value is -3.97. The number of likely N-dealkylation sites (tertiary alicyclic amines) is 1. The number of ether oxygens (including phenoxy) is 2. The third-order valence-corrected chi connectivity index (χ3v) is 6.53. The first kappa shape index (κ1) is 23.8. The number of ketones is 1. The fourth-order valence-corrected chi connectivity index (χ4v) is 4.67. The standard InChI is InChI=1S/C29H26FNO5/c30-22-12-8-21(9-13-22)27(32)25-26(31(29(34)28(25)33)17-24-7-4-16-35-24)20-10-14-23(15-11-20)36-18-19-5-2-1-3-6-19/h1-3,5-6,8-15,24,26,32H,4,7,16-18H2/t24-,26+/m0/s1. The molecule has 0 radical (unpaired) electrons. The molecular weight excluding hydrogens is 461 g/mol. The number of hydrogen-bond acceptors (Lipinski definition) is 5. The van der Waals surface area contributed by atoms with Gasteiger partial charge in [-0.2, -0.15) is 0 Å². The molecule has 2 fully saturated rings. The first-order chi connectivity index (χ1) is 17.5. The summed E-state index contributed by atoms with van der Waals surface area (Å²) in [6.45, 7) is 1.26. The predicted octanol–water partition coefficient (Wildman–Crippen LogP) is 5.01. The lowest BCUT2D eigenvalue weighted by Crippen LogP contribution is -2.36. The van der Waals surface area contributed by atoms with Gasteiger partial charge in [0, 0.05) is 18.7 Å². The van der Waals surface area contributed by atoms with Crippen molar-refractivity contribution in [2.24, 2.45) is 0 Å². The number of carbonyl (C=O) groups excluding carboxylic acids is 2. The molecule has 6 nitrogen and oxygen atoms in total. The number of nitrogens with zero attached hydrogens (tertiary/aromatic N) is 1. The Kier molecular flexibility index (Phi) is 6.82. The largest absolute Gasteiger partial charge is 0.507 e. The van der Waals surface area contributed by atoms with Gasteiger partial charge < -0.3 is 19.5 Å². The monoisotopic (exact) mass is 487 g/mol. The van der Waals surface area contributed by atoms with Gasteiger partial charge in [-0.15, -0.1) is 0 Å². The minimum atomic E-state index is -0.803. The van der Waals surface area contributed by atoms with E-state index in [-0.39, 0.29) is 29.5 Å². The maximum atomic E-state index is 13.5. The zero-order valence-corrected chi connectivity index (χ0v) is 19.6. The van der Waals surface area contributed by atoms with Crippen LogP contribution in [0.4, 0.5) is 4.39 Å². The van der Waals surface area contributed by atoms with E-state index in [1.54, 1.807) is 24.3 Å². The molecule has 5 rings (SSSR count). The topological polar surface area (TPSA) is 76.1 Å². The van der Waals surface area contributed by atoms with Crippen LogP contribution in [0.15, 0.2) is 84.4 Å². The lowest BCUT2D eigenvalue weighted by molar-refractivity contribution is -0.140. The summed E-state index contributed by atoms with van der Waals surface area (Å²) in [7, 11) is 0. The Labute approximate surface area is 208 Å². The van der Waals surface area contributed by atoms with Gasteiger partial charge in [-0.05, 0) is 60.4 Å². The summed E-state index contributed by atoms with van der Waals surface area (Å²) in [6.07, 6.45) is 1.51. The lowest BCUT2D eigenvalue weighted by atomic mass is 9.95. The van der Waals surface area contributed by atoms with Crippen LogP contribution in [-0.4, -0.2) is 41.0 Å². The molecule has 1 N–H and O–H groups in total. The molecule has 1 amide bonds. The van der Waals surface area contributed by atoms with Gasteiger partial charge in [-0.1, -0.05) is 42.5 Å². The maximum absolute atomic E-state index is 13.5. The Balaban J connectivity index is 1.48. The lowest BCUT2D eigenvalue weighted by Gasteiger charge is -2.27. The Morgan fingerprint density at radius 2 is 1.72 bits per heavy atom. The number of aliphatic hydroxyl groups is 1. The maximum Gasteiger partial charge on any atom is 0.295 e. The number of aliphatic hydroxyl groups excluding tert-OH is 1. The fourth-order valence-electron chi connectivity index (χ4n) is 4.67. The SMILES string of the molecule is O=C1C(=O)N(C[C@@H]2CCCO2)[C@H](c2ccc(OCc3ccccc3)cc2)C1=C(O)c1ccc(F)cc1. The highest BCUT2D eigenvalue weighted by atomic mass is 19.1. The van der Waals surface area contributed by atoms with Crippen LogP contribution >= 0.6 is 0 Å². The van der Waals surface area contributed by atoms with Crippen molar-refractivity contribution in [3.8, 4) is 5.75 Å². The number of carbonyl (C=O) groups is 2.